The molecule has 0 amide bonds. The van der Waals surface area contributed by atoms with Crippen molar-refractivity contribution in [3.63, 3.8) is 0 Å². The maximum absolute atomic E-state index is 12.7. The van der Waals surface area contributed by atoms with Gasteiger partial charge in [-0.2, -0.15) is 0 Å². The average Bonchev–Trinajstić information content (AvgIpc) is 2.56. The largest absolute Gasteiger partial charge is 0.496 e. The van der Waals surface area contributed by atoms with Crippen molar-refractivity contribution in [2.24, 2.45) is 0 Å². The molecule has 0 aliphatic heterocycles. The Kier molecular flexibility index (Phi) is 5.41. The number of rotatable bonds is 6. The summed E-state index contributed by atoms with van der Waals surface area (Å²) in [5, 5.41) is 0. The van der Waals surface area contributed by atoms with Crippen LogP contribution in [0.1, 0.15) is 32.6 Å². The van der Waals surface area contributed by atoms with Gasteiger partial charge in [0.15, 0.2) is 0 Å². The molecule has 0 saturated carbocycles. The molecule has 0 aliphatic rings. The van der Waals surface area contributed by atoms with E-state index in [2.05, 4.69) is 4.72 Å². The van der Waals surface area contributed by atoms with E-state index in [-0.39, 0.29) is 11.4 Å². The van der Waals surface area contributed by atoms with Crippen molar-refractivity contribution >= 4 is 16.3 Å². The van der Waals surface area contributed by atoms with Gasteiger partial charge in [-0.05, 0) is 49.1 Å². The molecule has 1 N–H and O–H groups in total. The highest BCUT2D eigenvalue weighted by Crippen LogP contribution is 2.30. The molecular formula is C18H21NO4S. The maximum atomic E-state index is 12.7. The molecule has 2 aromatic carbocycles. The fourth-order valence-corrected chi connectivity index (χ4v) is 4.15. The zero-order valence-corrected chi connectivity index (χ0v) is 15.0. The standard InChI is InChI=1S/C18H21NO4S/c1-12-9-17(23-4)13(2)14(3)18(12)24(21,22)19-10-15-5-7-16(11-20)8-6-15/h5-9,11,19H,10H2,1-4H3. The third-order valence-corrected chi connectivity index (χ3v) is 5.74. The highest BCUT2D eigenvalue weighted by molar-refractivity contribution is 7.89. The average molecular weight is 347 g/mol. The van der Waals surface area contributed by atoms with Gasteiger partial charge in [-0.15, -0.1) is 0 Å². The molecule has 0 aliphatic carbocycles. The third kappa shape index (κ3) is 3.66. The molecule has 2 aromatic rings. The number of hydrogen-bond donors (Lipinski definition) is 1. The highest BCUT2D eigenvalue weighted by atomic mass is 32.2. The van der Waals surface area contributed by atoms with E-state index in [1.165, 1.54) is 0 Å². The van der Waals surface area contributed by atoms with Crippen LogP contribution in [0.5, 0.6) is 5.75 Å². The second kappa shape index (κ2) is 7.15. The molecule has 0 aromatic heterocycles. The van der Waals surface area contributed by atoms with Crippen molar-refractivity contribution in [2.75, 3.05) is 7.11 Å². The van der Waals surface area contributed by atoms with E-state index in [1.807, 2.05) is 6.92 Å². The quantitative estimate of drug-likeness (QED) is 0.816. The first-order chi connectivity index (χ1) is 11.3. The number of ether oxygens (including phenoxy) is 1. The van der Waals surface area contributed by atoms with Crippen LogP contribution in [-0.4, -0.2) is 21.8 Å². The molecule has 0 saturated heterocycles. The number of benzene rings is 2. The molecule has 0 unspecified atom stereocenters. The monoisotopic (exact) mass is 347 g/mol. The lowest BCUT2D eigenvalue weighted by molar-refractivity contribution is 0.112. The summed E-state index contributed by atoms with van der Waals surface area (Å²) in [5.41, 5.74) is 3.46. The Morgan fingerprint density at radius 2 is 1.71 bits per heavy atom. The molecule has 5 nitrogen and oxygen atoms in total. The van der Waals surface area contributed by atoms with Gasteiger partial charge in [0, 0.05) is 12.1 Å². The first kappa shape index (κ1) is 18.2. The Balaban J connectivity index is 2.30. The van der Waals surface area contributed by atoms with Gasteiger partial charge < -0.3 is 4.74 Å². The number of methoxy groups -OCH3 is 1. The third-order valence-electron chi connectivity index (χ3n) is 4.05. The summed E-state index contributed by atoms with van der Waals surface area (Å²) in [5.74, 6) is 0.674. The van der Waals surface area contributed by atoms with Crippen molar-refractivity contribution in [3.8, 4) is 5.75 Å². The molecule has 24 heavy (non-hydrogen) atoms. The van der Waals surface area contributed by atoms with E-state index < -0.39 is 10.0 Å². The van der Waals surface area contributed by atoms with Crippen molar-refractivity contribution in [3.05, 3.63) is 58.1 Å². The van der Waals surface area contributed by atoms with Crippen LogP contribution in [0, 0.1) is 20.8 Å². The van der Waals surface area contributed by atoms with Gasteiger partial charge >= 0.3 is 0 Å². The minimum Gasteiger partial charge on any atom is -0.496 e. The van der Waals surface area contributed by atoms with Gasteiger partial charge in [0.05, 0.1) is 12.0 Å². The molecule has 0 spiro atoms. The Labute approximate surface area is 142 Å². The molecule has 2 rings (SSSR count). The summed E-state index contributed by atoms with van der Waals surface area (Å²) >= 11 is 0. The molecular weight excluding hydrogens is 326 g/mol. The molecule has 0 atom stereocenters. The van der Waals surface area contributed by atoms with Crippen molar-refractivity contribution in [1.29, 1.82) is 0 Å². The molecule has 6 heteroatoms. The first-order valence-electron chi connectivity index (χ1n) is 7.48. The van der Waals surface area contributed by atoms with E-state index in [1.54, 1.807) is 51.3 Å². The summed E-state index contributed by atoms with van der Waals surface area (Å²) in [4.78, 5) is 10.9. The SMILES string of the molecule is COc1cc(C)c(S(=O)(=O)NCc2ccc(C=O)cc2)c(C)c1C. The molecule has 0 heterocycles. The molecule has 0 radical (unpaired) electrons. The van der Waals surface area contributed by atoms with E-state index in [4.69, 9.17) is 4.74 Å². The summed E-state index contributed by atoms with van der Waals surface area (Å²) in [6, 6.07) is 8.50. The summed E-state index contributed by atoms with van der Waals surface area (Å²) in [6.07, 6.45) is 0.751. The number of aryl methyl sites for hydroxylation is 1. The molecule has 0 fully saturated rings. The zero-order valence-electron chi connectivity index (χ0n) is 14.2. The van der Waals surface area contributed by atoms with Crippen molar-refractivity contribution in [2.45, 2.75) is 32.2 Å². The van der Waals surface area contributed by atoms with Crippen LogP contribution < -0.4 is 9.46 Å². The van der Waals surface area contributed by atoms with Gasteiger partial charge in [-0.25, -0.2) is 13.1 Å². The van der Waals surface area contributed by atoms with Crippen LogP contribution in [0.25, 0.3) is 0 Å². The van der Waals surface area contributed by atoms with E-state index in [9.17, 15) is 13.2 Å². The van der Waals surface area contributed by atoms with Crippen molar-refractivity contribution in [1.82, 2.24) is 4.72 Å². The van der Waals surface area contributed by atoms with Crippen LogP contribution in [-0.2, 0) is 16.6 Å². The second-order valence-corrected chi connectivity index (χ2v) is 7.36. The summed E-state index contributed by atoms with van der Waals surface area (Å²) in [6.45, 7) is 5.52. The maximum Gasteiger partial charge on any atom is 0.241 e. The minimum absolute atomic E-state index is 0.158. The fraction of sp³-hybridized carbons (Fsp3) is 0.278. The lowest BCUT2D eigenvalue weighted by atomic mass is 10.1. The van der Waals surface area contributed by atoms with Gasteiger partial charge in [0.1, 0.15) is 12.0 Å². The predicted molar refractivity (Wildman–Crippen MR) is 93.1 cm³/mol. The lowest BCUT2D eigenvalue weighted by Gasteiger charge is -2.16. The lowest BCUT2D eigenvalue weighted by Crippen LogP contribution is -2.25. The van der Waals surface area contributed by atoms with Crippen LogP contribution in [0.3, 0.4) is 0 Å². The van der Waals surface area contributed by atoms with Gasteiger partial charge in [-0.1, -0.05) is 24.3 Å². The second-order valence-electron chi connectivity index (χ2n) is 5.66. The van der Waals surface area contributed by atoms with Gasteiger partial charge in [0.25, 0.3) is 0 Å². The normalized spacial score (nSPS) is 11.3. The first-order valence-corrected chi connectivity index (χ1v) is 8.97. The van der Waals surface area contributed by atoms with Crippen LogP contribution >= 0.6 is 0 Å². The van der Waals surface area contributed by atoms with Gasteiger partial charge in [-0.3, -0.25) is 4.79 Å². The number of carbonyl (C=O) groups is 1. The minimum atomic E-state index is -3.66. The number of aldehydes is 1. The summed E-state index contributed by atoms with van der Waals surface area (Å²) in [7, 11) is -2.09. The van der Waals surface area contributed by atoms with Gasteiger partial charge in [0.2, 0.25) is 10.0 Å². The van der Waals surface area contributed by atoms with Crippen LogP contribution in [0.2, 0.25) is 0 Å². The van der Waals surface area contributed by atoms with E-state index in [0.717, 1.165) is 17.4 Å². The Morgan fingerprint density at radius 3 is 2.25 bits per heavy atom. The number of hydrogen-bond acceptors (Lipinski definition) is 4. The molecule has 128 valence electrons. The van der Waals surface area contributed by atoms with E-state index >= 15 is 0 Å². The van der Waals surface area contributed by atoms with Crippen LogP contribution in [0.15, 0.2) is 35.2 Å². The summed E-state index contributed by atoms with van der Waals surface area (Å²) < 4.78 is 33.3. The highest BCUT2D eigenvalue weighted by Gasteiger charge is 2.22. The topological polar surface area (TPSA) is 72.5 Å². The number of nitrogens with one attached hydrogen (secondary N) is 1. The predicted octanol–water partition coefficient (Wildman–Crippen LogP) is 2.91. The Morgan fingerprint density at radius 1 is 1.08 bits per heavy atom. The fourth-order valence-electron chi connectivity index (χ4n) is 2.61. The van der Waals surface area contributed by atoms with Crippen LogP contribution in [0.4, 0.5) is 0 Å². The number of carbonyl (C=O) groups excluding carboxylic acids is 1. The Hall–Kier alpha value is -2.18. The number of sulfonamides is 1. The van der Waals surface area contributed by atoms with Crippen molar-refractivity contribution < 1.29 is 17.9 Å². The Bertz CT molecular complexity index is 856. The van der Waals surface area contributed by atoms with E-state index in [0.29, 0.717) is 22.4 Å². The zero-order chi connectivity index (χ0) is 17.9. The molecule has 0 bridgehead atoms. The smallest absolute Gasteiger partial charge is 0.241 e.